The molecule has 0 saturated heterocycles. The zero-order valence-corrected chi connectivity index (χ0v) is 54.5. The molecule has 3 atom stereocenters. The number of aliphatic hydroxyl groups excluding tert-OH is 1. The number of amides is 1. The van der Waals surface area contributed by atoms with Crippen LogP contribution in [0.4, 0.5) is 0 Å². The maximum Gasteiger partial charge on any atom is 0.268 e. The first-order valence-corrected chi connectivity index (χ1v) is 36.3. The summed E-state index contributed by atoms with van der Waals surface area (Å²) in [5, 5.41) is 13.9. The van der Waals surface area contributed by atoms with Gasteiger partial charge >= 0.3 is 0 Å². The molecule has 468 valence electrons. The van der Waals surface area contributed by atoms with Gasteiger partial charge in [-0.25, -0.2) is 0 Å². The minimum Gasteiger partial charge on any atom is -0.756 e. The van der Waals surface area contributed by atoms with E-state index in [2.05, 4.69) is 43.5 Å². The Morgan fingerprint density at radius 3 is 1.03 bits per heavy atom. The van der Waals surface area contributed by atoms with Crippen molar-refractivity contribution < 1.29 is 32.9 Å². The van der Waals surface area contributed by atoms with Crippen LogP contribution in [0.2, 0.25) is 0 Å². The molecule has 2 N–H and O–H groups in total. The van der Waals surface area contributed by atoms with Crippen molar-refractivity contribution in [3.05, 3.63) is 36.5 Å². The van der Waals surface area contributed by atoms with E-state index in [9.17, 15) is 19.4 Å². The first-order valence-electron chi connectivity index (χ1n) is 34.9. The van der Waals surface area contributed by atoms with Gasteiger partial charge in [-0.1, -0.05) is 339 Å². The van der Waals surface area contributed by atoms with Crippen molar-refractivity contribution >= 4 is 13.7 Å². The average molecular weight is 1130 g/mol. The van der Waals surface area contributed by atoms with E-state index in [1.807, 2.05) is 27.2 Å². The largest absolute Gasteiger partial charge is 0.756 e. The van der Waals surface area contributed by atoms with Gasteiger partial charge in [-0.15, -0.1) is 0 Å². The Labute approximate surface area is 493 Å². The molecule has 1 amide bonds. The standard InChI is InChI=1S/C70H137N2O6P/c1-6-8-10-12-14-16-18-20-22-24-26-28-30-32-33-34-35-36-37-38-40-41-43-45-47-49-51-53-55-57-59-61-63-69(73)68(67-78-79(75,76)77-66-65-72(3,4)5)71-70(74)64-62-60-58-56-54-52-50-48-46-44-42-39-31-29-27-25-23-21-19-17-15-13-11-9-7-2/h45,47,53,55,61,63,68-69,73H,6-44,46,48-52,54,56-60,62,64-67H2,1-5H3,(H-,71,74,75,76)/b47-45+,55-53+,63-61+. The number of likely N-dealkylation sites (N-methyl/N-ethyl adjacent to an activating group) is 1. The molecular weight excluding hydrogens is 996 g/mol. The summed E-state index contributed by atoms with van der Waals surface area (Å²) in [5.41, 5.74) is 0. The number of phosphoric acid groups is 1. The number of nitrogens with one attached hydrogen (secondary N) is 1. The summed E-state index contributed by atoms with van der Waals surface area (Å²) in [6, 6.07) is -0.909. The van der Waals surface area contributed by atoms with Crippen molar-refractivity contribution in [1.29, 1.82) is 0 Å². The zero-order chi connectivity index (χ0) is 57.7. The van der Waals surface area contributed by atoms with E-state index < -0.39 is 26.6 Å². The fourth-order valence-electron chi connectivity index (χ4n) is 10.7. The van der Waals surface area contributed by atoms with Crippen LogP contribution in [0.1, 0.15) is 354 Å². The number of unbranched alkanes of at least 4 members (excludes halogenated alkanes) is 48. The van der Waals surface area contributed by atoms with E-state index in [-0.39, 0.29) is 12.5 Å². The Balaban J connectivity index is 4.11. The summed E-state index contributed by atoms with van der Waals surface area (Å²) in [4.78, 5) is 25.6. The van der Waals surface area contributed by atoms with Gasteiger partial charge in [0.15, 0.2) is 0 Å². The van der Waals surface area contributed by atoms with Gasteiger partial charge in [-0.05, 0) is 44.9 Å². The molecule has 0 aliphatic heterocycles. The summed E-state index contributed by atoms with van der Waals surface area (Å²) in [6.45, 7) is 4.68. The van der Waals surface area contributed by atoms with E-state index in [4.69, 9.17) is 9.05 Å². The van der Waals surface area contributed by atoms with Crippen molar-refractivity contribution in [2.45, 2.75) is 366 Å². The number of quaternary nitrogens is 1. The van der Waals surface area contributed by atoms with Crippen LogP contribution < -0.4 is 10.2 Å². The molecule has 0 aromatic heterocycles. The van der Waals surface area contributed by atoms with Crippen LogP contribution in [-0.2, 0) is 18.4 Å². The van der Waals surface area contributed by atoms with Gasteiger partial charge in [0.25, 0.3) is 7.82 Å². The number of aliphatic hydroxyl groups is 1. The first-order chi connectivity index (χ1) is 38.5. The summed E-state index contributed by atoms with van der Waals surface area (Å²) < 4.78 is 23.4. The summed E-state index contributed by atoms with van der Waals surface area (Å²) in [5.74, 6) is -0.204. The predicted octanol–water partition coefficient (Wildman–Crippen LogP) is 21.4. The number of phosphoric ester groups is 1. The highest BCUT2D eigenvalue weighted by atomic mass is 31.2. The highest BCUT2D eigenvalue weighted by Gasteiger charge is 2.23. The van der Waals surface area contributed by atoms with E-state index in [1.165, 1.54) is 289 Å². The van der Waals surface area contributed by atoms with Crippen LogP contribution in [0.5, 0.6) is 0 Å². The molecular formula is C70H137N2O6P. The highest BCUT2D eigenvalue weighted by Crippen LogP contribution is 2.38. The molecule has 8 nitrogen and oxygen atoms in total. The quantitative estimate of drug-likeness (QED) is 0.0272. The lowest BCUT2D eigenvalue weighted by Crippen LogP contribution is -2.45. The molecule has 0 rings (SSSR count). The topological polar surface area (TPSA) is 108 Å². The van der Waals surface area contributed by atoms with E-state index in [0.717, 1.165) is 44.9 Å². The number of carbonyl (C=O) groups is 1. The molecule has 0 aromatic rings. The molecule has 0 aliphatic carbocycles. The molecule has 0 heterocycles. The maximum atomic E-state index is 13.0. The second-order valence-corrected chi connectivity index (χ2v) is 26.6. The lowest BCUT2D eigenvalue weighted by atomic mass is 10.0. The maximum absolute atomic E-state index is 13.0. The third-order valence-electron chi connectivity index (χ3n) is 16.1. The number of allylic oxidation sites excluding steroid dienone is 5. The summed E-state index contributed by atoms with van der Waals surface area (Å²) in [6.07, 6.45) is 81.4. The minimum absolute atomic E-state index is 0.00709. The number of rotatable bonds is 65. The highest BCUT2D eigenvalue weighted by molar-refractivity contribution is 7.45. The van der Waals surface area contributed by atoms with Gasteiger partial charge in [0.1, 0.15) is 13.2 Å². The van der Waals surface area contributed by atoms with Crippen LogP contribution in [0.25, 0.3) is 0 Å². The molecule has 0 aliphatic rings. The molecule has 3 unspecified atom stereocenters. The Morgan fingerprint density at radius 2 is 0.709 bits per heavy atom. The molecule has 9 heteroatoms. The number of carbonyl (C=O) groups excluding carboxylic acids is 1. The van der Waals surface area contributed by atoms with Crippen LogP contribution in [0, 0.1) is 0 Å². The van der Waals surface area contributed by atoms with Gasteiger partial charge in [0.05, 0.1) is 39.9 Å². The number of hydrogen-bond donors (Lipinski definition) is 2. The predicted molar refractivity (Wildman–Crippen MR) is 344 cm³/mol. The minimum atomic E-state index is -4.61. The van der Waals surface area contributed by atoms with Gasteiger partial charge in [0.2, 0.25) is 5.91 Å². The van der Waals surface area contributed by atoms with Gasteiger partial charge < -0.3 is 28.8 Å². The molecule has 0 bridgehead atoms. The van der Waals surface area contributed by atoms with E-state index in [1.54, 1.807) is 6.08 Å². The normalized spacial score (nSPS) is 13.9. The van der Waals surface area contributed by atoms with E-state index in [0.29, 0.717) is 17.4 Å². The van der Waals surface area contributed by atoms with Crippen molar-refractivity contribution in [1.82, 2.24) is 5.32 Å². The van der Waals surface area contributed by atoms with Crippen LogP contribution in [-0.4, -0.2) is 68.5 Å². The molecule has 0 fully saturated rings. The third-order valence-corrected chi connectivity index (χ3v) is 17.0. The molecule has 0 radical (unpaired) electrons. The van der Waals surface area contributed by atoms with Gasteiger partial charge in [0, 0.05) is 6.42 Å². The SMILES string of the molecule is CCCCCCCCCCCCCCCCCCCCCCCC/C=C/CC/C=C/CC/C=C/C(O)C(COP(=O)([O-])OCC[N+](C)(C)C)NC(=O)CCCCCCCCCCCCCCCCCCCCCCCCCCC. The van der Waals surface area contributed by atoms with Gasteiger partial charge in [-0.3, -0.25) is 9.36 Å². The molecule has 0 spiro atoms. The van der Waals surface area contributed by atoms with Gasteiger partial charge in [-0.2, -0.15) is 0 Å². The molecule has 0 saturated carbocycles. The fraction of sp³-hybridized carbons (Fsp3) is 0.900. The number of nitrogens with zero attached hydrogens (tertiary/aromatic N) is 1. The lowest BCUT2D eigenvalue weighted by Gasteiger charge is -2.29. The average Bonchev–Trinajstić information content (AvgIpc) is 3.42. The van der Waals surface area contributed by atoms with Crippen molar-refractivity contribution in [3.8, 4) is 0 Å². The Morgan fingerprint density at radius 1 is 0.430 bits per heavy atom. The summed E-state index contributed by atoms with van der Waals surface area (Å²) in [7, 11) is 1.25. The number of hydrogen-bond acceptors (Lipinski definition) is 6. The second kappa shape index (κ2) is 61.3. The zero-order valence-electron chi connectivity index (χ0n) is 53.6. The summed E-state index contributed by atoms with van der Waals surface area (Å²) >= 11 is 0. The Kier molecular flexibility index (Phi) is 60.3. The monoisotopic (exact) mass is 1130 g/mol. The third kappa shape index (κ3) is 64.1. The van der Waals surface area contributed by atoms with Crippen molar-refractivity contribution in [2.75, 3.05) is 40.9 Å². The van der Waals surface area contributed by atoms with E-state index >= 15 is 0 Å². The second-order valence-electron chi connectivity index (χ2n) is 25.2. The lowest BCUT2D eigenvalue weighted by molar-refractivity contribution is -0.870. The fourth-order valence-corrected chi connectivity index (χ4v) is 11.4. The van der Waals surface area contributed by atoms with Crippen LogP contribution in [0.15, 0.2) is 36.5 Å². The Bertz CT molecular complexity index is 1380. The smallest absolute Gasteiger partial charge is 0.268 e. The van der Waals surface area contributed by atoms with Crippen molar-refractivity contribution in [2.24, 2.45) is 0 Å². The molecule has 79 heavy (non-hydrogen) atoms. The van der Waals surface area contributed by atoms with Crippen LogP contribution in [0.3, 0.4) is 0 Å². The van der Waals surface area contributed by atoms with Crippen LogP contribution >= 0.6 is 7.82 Å². The molecule has 0 aromatic carbocycles. The first kappa shape index (κ1) is 77.7. The van der Waals surface area contributed by atoms with Crippen molar-refractivity contribution in [3.63, 3.8) is 0 Å². The Hall–Kier alpha value is -1.28.